The van der Waals surface area contributed by atoms with Crippen molar-refractivity contribution in [1.82, 2.24) is 15.2 Å². The lowest BCUT2D eigenvalue weighted by Crippen LogP contribution is -2.42. The monoisotopic (exact) mass is 331 g/mol. The third kappa shape index (κ3) is 3.54. The van der Waals surface area contributed by atoms with E-state index in [0.29, 0.717) is 13.1 Å². The van der Waals surface area contributed by atoms with Gasteiger partial charge in [-0.3, -0.25) is 0 Å². The van der Waals surface area contributed by atoms with Gasteiger partial charge in [0.1, 0.15) is 0 Å². The number of urea groups is 1. The molecule has 1 aliphatic rings. The van der Waals surface area contributed by atoms with Gasteiger partial charge in [-0.05, 0) is 30.9 Å². The maximum atomic E-state index is 12.6. The number of amides is 2. The van der Waals surface area contributed by atoms with Crippen molar-refractivity contribution in [1.29, 1.82) is 0 Å². The van der Waals surface area contributed by atoms with Crippen LogP contribution in [0.5, 0.6) is 0 Å². The number of hydrogen-bond acceptors (Lipinski definition) is 4. The number of hydrogen-bond donors (Lipinski definition) is 2. The molecule has 23 heavy (non-hydrogen) atoms. The molecule has 2 N–H and O–H groups in total. The van der Waals surface area contributed by atoms with Crippen LogP contribution in [-0.4, -0.2) is 34.2 Å². The molecule has 1 aromatic heterocycles. The van der Waals surface area contributed by atoms with Crippen LogP contribution in [0, 0.1) is 6.92 Å². The molecule has 1 aromatic carbocycles. The van der Waals surface area contributed by atoms with Gasteiger partial charge in [-0.1, -0.05) is 24.3 Å². The Morgan fingerprint density at radius 2 is 2.30 bits per heavy atom. The maximum Gasteiger partial charge on any atom is 0.318 e. The molecule has 1 atom stereocenters. The fourth-order valence-electron chi connectivity index (χ4n) is 3.12. The van der Waals surface area contributed by atoms with E-state index in [-0.39, 0.29) is 18.7 Å². The molecule has 0 fully saturated rings. The Kier molecular flexibility index (Phi) is 4.93. The van der Waals surface area contributed by atoms with Crippen LogP contribution in [0.3, 0.4) is 0 Å². The molecule has 0 bridgehead atoms. The minimum absolute atomic E-state index is 0.0360. The molecule has 0 radical (unpaired) electrons. The summed E-state index contributed by atoms with van der Waals surface area (Å²) in [7, 11) is 0. The minimum atomic E-state index is -0.133. The predicted molar refractivity (Wildman–Crippen MR) is 90.4 cm³/mol. The summed E-state index contributed by atoms with van der Waals surface area (Å²) >= 11 is 1.58. The summed E-state index contributed by atoms with van der Waals surface area (Å²) < 4.78 is 0. The first-order valence-corrected chi connectivity index (χ1v) is 8.65. The van der Waals surface area contributed by atoms with Crippen LogP contribution in [0.2, 0.25) is 0 Å². The Balaban J connectivity index is 1.70. The zero-order chi connectivity index (χ0) is 16.2. The van der Waals surface area contributed by atoms with Crippen LogP contribution in [0.4, 0.5) is 4.79 Å². The van der Waals surface area contributed by atoms with Gasteiger partial charge in [0.25, 0.3) is 0 Å². The Labute approximate surface area is 140 Å². The number of carbonyl (C=O) groups is 1. The molecule has 3 rings (SSSR count). The third-order valence-corrected chi connectivity index (χ3v) is 5.07. The van der Waals surface area contributed by atoms with E-state index in [2.05, 4.69) is 22.4 Å². The highest BCUT2D eigenvalue weighted by Crippen LogP contribution is 2.35. The molecule has 122 valence electrons. The van der Waals surface area contributed by atoms with Crippen molar-refractivity contribution in [3.63, 3.8) is 0 Å². The molecule has 0 spiro atoms. The number of benzene rings is 1. The van der Waals surface area contributed by atoms with Crippen molar-refractivity contribution >= 4 is 17.4 Å². The molecule has 1 unspecified atom stereocenters. The normalized spacial score (nSPS) is 16.2. The Morgan fingerprint density at radius 3 is 3.04 bits per heavy atom. The van der Waals surface area contributed by atoms with Gasteiger partial charge >= 0.3 is 6.03 Å². The lowest BCUT2D eigenvalue weighted by Gasteiger charge is -2.29. The summed E-state index contributed by atoms with van der Waals surface area (Å²) in [5.74, 6) is 0. The number of aliphatic hydroxyl groups is 1. The largest absolute Gasteiger partial charge is 0.395 e. The van der Waals surface area contributed by atoms with E-state index in [4.69, 9.17) is 0 Å². The van der Waals surface area contributed by atoms with Gasteiger partial charge in [0.15, 0.2) is 0 Å². The van der Waals surface area contributed by atoms with Crippen LogP contribution in [-0.2, 0) is 13.0 Å². The first kappa shape index (κ1) is 16.0. The van der Waals surface area contributed by atoms with E-state index in [9.17, 15) is 9.90 Å². The Morgan fingerprint density at radius 1 is 1.48 bits per heavy atom. The van der Waals surface area contributed by atoms with Gasteiger partial charge in [-0.25, -0.2) is 9.78 Å². The molecule has 6 heteroatoms. The van der Waals surface area contributed by atoms with Gasteiger partial charge in [0, 0.05) is 17.6 Å². The first-order chi connectivity index (χ1) is 11.2. The number of thiazole rings is 1. The Bertz CT molecular complexity index is 686. The quantitative estimate of drug-likeness (QED) is 0.885. The fourth-order valence-corrected chi connectivity index (χ4v) is 3.85. The van der Waals surface area contributed by atoms with Crippen LogP contribution in [0.1, 0.15) is 33.5 Å². The highest BCUT2D eigenvalue weighted by molar-refractivity contribution is 7.11. The summed E-state index contributed by atoms with van der Waals surface area (Å²) in [4.78, 5) is 19.6. The molecule has 5 nitrogen and oxygen atoms in total. The number of rotatable bonds is 5. The number of aromatic nitrogens is 1. The van der Waals surface area contributed by atoms with E-state index in [0.717, 1.165) is 22.7 Å². The van der Waals surface area contributed by atoms with Crippen molar-refractivity contribution in [3.05, 3.63) is 51.5 Å². The number of fused-ring (bicyclic) bond motifs is 1. The van der Waals surface area contributed by atoms with Crippen molar-refractivity contribution < 1.29 is 9.90 Å². The molecule has 2 aromatic rings. The van der Waals surface area contributed by atoms with Crippen LogP contribution in [0.15, 0.2) is 30.5 Å². The van der Waals surface area contributed by atoms with E-state index in [1.807, 2.05) is 19.1 Å². The lowest BCUT2D eigenvalue weighted by molar-refractivity contribution is 0.151. The standard InChI is InChI=1S/C17H21N3O2S/c1-12-18-10-14(23-12)11-19-17(22)20(8-9-21)16-7-6-13-4-2-3-5-15(13)16/h2-5,10,16,21H,6-9,11H2,1H3,(H,19,22). The summed E-state index contributed by atoms with van der Waals surface area (Å²) in [6.45, 7) is 2.72. The Hall–Kier alpha value is -1.92. The number of nitrogens with zero attached hydrogens (tertiary/aromatic N) is 2. The van der Waals surface area contributed by atoms with Crippen LogP contribution >= 0.6 is 11.3 Å². The molecule has 0 saturated heterocycles. The second-order valence-electron chi connectivity index (χ2n) is 5.67. The molecule has 0 aliphatic heterocycles. The highest BCUT2D eigenvalue weighted by atomic mass is 32.1. The molecular formula is C17H21N3O2S. The van der Waals surface area contributed by atoms with Crippen molar-refractivity contribution in [2.24, 2.45) is 0 Å². The number of carbonyl (C=O) groups excluding carboxylic acids is 1. The van der Waals surface area contributed by atoms with Gasteiger partial charge in [0.05, 0.1) is 24.2 Å². The molecule has 0 saturated carbocycles. The average molecular weight is 331 g/mol. The summed E-state index contributed by atoms with van der Waals surface area (Å²) in [5, 5.41) is 13.3. The van der Waals surface area contributed by atoms with Crippen molar-refractivity contribution in [3.8, 4) is 0 Å². The number of aryl methyl sites for hydroxylation is 2. The molecular weight excluding hydrogens is 310 g/mol. The summed E-state index contributed by atoms with van der Waals surface area (Å²) in [6, 6.07) is 8.14. The first-order valence-electron chi connectivity index (χ1n) is 7.83. The van der Waals surface area contributed by atoms with Gasteiger partial charge in [-0.15, -0.1) is 11.3 Å². The second-order valence-corrected chi connectivity index (χ2v) is 6.99. The van der Waals surface area contributed by atoms with Gasteiger partial charge in [-0.2, -0.15) is 0 Å². The SMILES string of the molecule is Cc1ncc(CNC(=O)N(CCO)C2CCc3ccccc32)s1. The summed E-state index contributed by atoms with van der Waals surface area (Å²) in [5.41, 5.74) is 2.50. The third-order valence-electron chi connectivity index (χ3n) is 4.16. The number of aliphatic hydroxyl groups excluding tert-OH is 1. The highest BCUT2D eigenvalue weighted by Gasteiger charge is 2.30. The van der Waals surface area contributed by atoms with E-state index in [1.54, 1.807) is 22.4 Å². The zero-order valence-electron chi connectivity index (χ0n) is 13.2. The minimum Gasteiger partial charge on any atom is -0.395 e. The summed E-state index contributed by atoms with van der Waals surface area (Å²) in [6.07, 6.45) is 3.68. The maximum absolute atomic E-state index is 12.6. The van der Waals surface area contributed by atoms with E-state index < -0.39 is 0 Å². The molecule has 1 aliphatic carbocycles. The lowest BCUT2D eigenvalue weighted by atomic mass is 10.1. The van der Waals surface area contributed by atoms with E-state index >= 15 is 0 Å². The van der Waals surface area contributed by atoms with E-state index in [1.165, 1.54) is 11.1 Å². The predicted octanol–water partition coefficient (Wildman–Crippen LogP) is 2.64. The topological polar surface area (TPSA) is 65.5 Å². The zero-order valence-corrected chi connectivity index (χ0v) is 14.0. The molecule has 2 amide bonds. The molecule has 1 heterocycles. The average Bonchev–Trinajstić information content (AvgIpc) is 3.16. The second kappa shape index (κ2) is 7.10. The smallest absolute Gasteiger partial charge is 0.318 e. The number of nitrogens with one attached hydrogen (secondary N) is 1. The van der Waals surface area contributed by atoms with Gasteiger partial charge in [0.2, 0.25) is 0 Å². The van der Waals surface area contributed by atoms with Crippen molar-refractivity contribution in [2.75, 3.05) is 13.2 Å². The van der Waals surface area contributed by atoms with Crippen LogP contribution in [0.25, 0.3) is 0 Å². The van der Waals surface area contributed by atoms with Crippen LogP contribution < -0.4 is 5.32 Å². The van der Waals surface area contributed by atoms with Gasteiger partial charge < -0.3 is 15.3 Å². The van der Waals surface area contributed by atoms with Crippen molar-refractivity contribution in [2.45, 2.75) is 32.4 Å². The fraction of sp³-hybridized carbons (Fsp3) is 0.412.